The summed E-state index contributed by atoms with van der Waals surface area (Å²) in [6.45, 7) is 3.59. The fourth-order valence-electron chi connectivity index (χ4n) is 4.48. The van der Waals surface area contributed by atoms with Crippen molar-refractivity contribution in [2.24, 2.45) is 0 Å². The van der Waals surface area contributed by atoms with E-state index in [0.717, 1.165) is 33.8 Å². The molecule has 0 spiro atoms. The summed E-state index contributed by atoms with van der Waals surface area (Å²) in [5.41, 5.74) is 5.38. The van der Waals surface area contributed by atoms with Gasteiger partial charge in [0.1, 0.15) is 5.75 Å². The van der Waals surface area contributed by atoms with Crippen molar-refractivity contribution in [1.82, 2.24) is 14.8 Å². The van der Waals surface area contributed by atoms with Crippen LogP contribution in [0.2, 0.25) is 0 Å². The van der Waals surface area contributed by atoms with Gasteiger partial charge in [-0.05, 0) is 53.9 Å². The minimum Gasteiger partial charge on any atom is -0.494 e. The number of para-hydroxylation sites is 1. The van der Waals surface area contributed by atoms with E-state index in [9.17, 15) is 4.79 Å². The predicted molar refractivity (Wildman–Crippen MR) is 129 cm³/mol. The second kappa shape index (κ2) is 9.25. The van der Waals surface area contributed by atoms with Crippen LogP contribution in [0.1, 0.15) is 35.3 Å². The fraction of sp³-hybridized carbons (Fsp3) is 0.179. The zero-order chi connectivity index (χ0) is 22.6. The summed E-state index contributed by atoms with van der Waals surface area (Å²) in [6, 6.07) is 30.1. The van der Waals surface area contributed by atoms with Crippen molar-refractivity contribution in [2.45, 2.75) is 26.1 Å². The predicted octanol–water partition coefficient (Wildman–Crippen LogP) is 5.69. The Morgan fingerprint density at radius 1 is 0.939 bits per heavy atom. The number of amides is 2. The van der Waals surface area contributed by atoms with Crippen LogP contribution in [0, 0.1) is 0 Å². The van der Waals surface area contributed by atoms with Gasteiger partial charge >= 0.3 is 6.03 Å². The van der Waals surface area contributed by atoms with Gasteiger partial charge in [-0.1, -0.05) is 60.7 Å². The van der Waals surface area contributed by atoms with Crippen molar-refractivity contribution in [2.75, 3.05) is 6.61 Å². The van der Waals surface area contributed by atoms with Crippen molar-refractivity contribution >= 4 is 6.03 Å². The molecule has 3 aromatic carbocycles. The highest BCUT2D eigenvalue weighted by Crippen LogP contribution is 2.37. The first-order chi connectivity index (χ1) is 16.2. The van der Waals surface area contributed by atoms with Crippen LogP contribution < -0.4 is 10.1 Å². The van der Waals surface area contributed by atoms with E-state index in [1.165, 1.54) is 0 Å². The summed E-state index contributed by atoms with van der Waals surface area (Å²) in [4.78, 5) is 15.5. The van der Waals surface area contributed by atoms with Crippen LogP contribution in [-0.4, -0.2) is 22.1 Å². The van der Waals surface area contributed by atoms with Gasteiger partial charge in [0.25, 0.3) is 0 Å². The zero-order valence-electron chi connectivity index (χ0n) is 18.6. The molecule has 0 aliphatic carbocycles. The van der Waals surface area contributed by atoms with Gasteiger partial charge in [0.2, 0.25) is 0 Å². The smallest absolute Gasteiger partial charge is 0.318 e. The van der Waals surface area contributed by atoms with Crippen molar-refractivity contribution in [3.05, 3.63) is 120 Å². The lowest BCUT2D eigenvalue weighted by molar-refractivity contribution is 0.180. The largest absolute Gasteiger partial charge is 0.494 e. The third-order valence-electron chi connectivity index (χ3n) is 6.02. The average Bonchev–Trinajstić information content (AvgIpc) is 3.28. The molecule has 1 aromatic heterocycles. The molecule has 1 aliphatic heterocycles. The number of rotatable bonds is 5. The van der Waals surface area contributed by atoms with Gasteiger partial charge in [-0.25, -0.2) is 4.79 Å². The molecule has 0 bridgehead atoms. The van der Waals surface area contributed by atoms with Crippen LogP contribution in [0.3, 0.4) is 0 Å². The SMILES string of the molecule is CCOc1ccc([C@H]2c3cccn3-c3ccccc3CN2C(=O)NCc2ccccc2)cc1. The Morgan fingerprint density at radius 2 is 1.70 bits per heavy atom. The van der Waals surface area contributed by atoms with Crippen LogP contribution in [0.5, 0.6) is 5.75 Å². The molecule has 0 fully saturated rings. The Hall–Kier alpha value is -3.99. The van der Waals surface area contributed by atoms with Crippen LogP contribution in [0.15, 0.2) is 97.2 Å². The van der Waals surface area contributed by atoms with Gasteiger partial charge in [0, 0.05) is 18.4 Å². The van der Waals surface area contributed by atoms with Gasteiger partial charge in [-0.2, -0.15) is 0 Å². The zero-order valence-corrected chi connectivity index (χ0v) is 18.6. The first-order valence-electron chi connectivity index (χ1n) is 11.3. The number of ether oxygens (including phenoxy) is 1. The average molecular weight is 438 g/mol. The number of carbonyl (C=O) groups excluding carboxylic acids is 1. The van der Waals surface area contributed by atoms with Crippen LogP contribution in [0.25, 0.3) is 5.69 Å². The molecule has 166 valence electrons. The standard InChI is InChI=1S/C28H27N3O2/c1-2-33-24-16-14-22(15-17-24)27-26-13-8-18-30(26)25-12-7-6-11-23(25)20-31(27)28(32)29-19-21-9-4-3-5-10-21/h3-18,27H,2,19-20H2,1H3,(H,29,32)/t27-/m0/s1. The molecule has 2 heterocycles. The first kappa shape index (κ1) is 20.9. The number of hydrogen-bond acceptors (Lipinski definition) is 2. The van der Waals surface area contributed by atoms with Gasteiger partial charge in [-0.3, -0.25) is 0 Å². The lowest BCUT2D eigenvalue weighted by Crippen LogP contribution is -2.41. The maximum atomic E-state index is 13.6. The molecule has 1 aliphatic rings. The molecule has 1 N–H and O–H groups in total. The topological polar surface area (TPSA) is 46.5 Å². The highest BCUT2D eigenvalue weighted by atomic mass is 16.5. The maximum absolute atomic E-state index is 13.6. The molecule has 5 nitrogen and oxygen atoms in total. The molecule has 1 atom stereocenters. The third kappa shape index (κ3) is 4.22. The van der Waals surface area contributed by atoms with Crippen molar-refractivity contribution in [1.29, 1.82) is 0 Å². The first-order valence-corrected chi connectivity index (χ1v) is 11.3. The van der Waals surface area contributed by atoms with Crippen LogP contribution in [0.4, 0.5) is 4.79 Å². The van der Waals surface area contributed by atoms with E-state index in [0.29, 0.717) is 19.7 Å². The summed E-state index contributed by atoms with van der Waals surface area (Å²) in [5.74, 6) is 0.827. The number of benzene rings is 3. The quantitative estimate of drug-likeness (QED) is 0.436. The van der Waals surface area contributed by atoms with Crippen molar-refractivity contribution < 1.29 is 9.53 Å². The van der Waals surface area contributed by atoms with Crippen LogP contribution >= 0.6 is 0 Å². The minimum absolute atomic E-state index is 0.0952. The Balaban J connectivity index is 1.54. The van der Waals surface area contributed by atoms with Gasteiger partial charge in [0.15, 0.2) is 0 Å². The Kier molecular flexibility index (Phi) is 5.85. The lowest BCUT2D eigenvalue weighted by atomic mass is 10.0. The number of urea groups is 1. The van der Waals surface area contributed by atoms with E-state index in [1.54, 1.807) is 0 Å². The number of fused-ring (bicyclic) bond motifs is 3. The molecule has 0 unspecified atom stereocenters. The molecule has 5 heteroatoms. The van der Waals surface area contributed by atoms with E-state index in [4.69, 9.17) is 4.74 Å². The summed E-state index contributed by atoms with van der Waals surface area (Å²) in [6.07, 6.45) is 2.07. The van der Waals surface area contributed by atoms with Crippen LogP contribution in [-0.2, 0) is 13.1 Å². The van der Waals surface area contributed by atoms with Gasteiger partial charge in [0.05, 0.1) is 24.9 Å². The highest BCUT2D eigenvalue weighted by molar-refractivity contribution is 5.76. The summed E-state index contributed by atoms with van der Waals surface area (Å²) in [5, 5.41) is 3.13. The van der Waals surface area contributed by atoms with E-state index in [1.807, 2.05) is 72.5 Å². The van der Waals surface area contributed by atoms with E-state index < -0.39 is 0 Å². The lowest BCUT2D eigenvalue weighted by Gasteiger charge is -2.31. The highest BCUT2D eigenvalue weighted by Gasteiger charge is 2.32. The van der Waals surface area contributed by atoms with Crippen molar-refractivity contribution in [3.63, 3.8) is 0 Å². The van der Waals surface area contributed by atoms with E-state index in [-0.39, 0.29) is 12.1 Å². The fourth-order valence-corrected chi connectivity index (χ4v) is 4.48. The molecule has 2 amide bonds. The normalized spacial score (nSPS) is 14.7. The molecule has 4 aromatic rings. The second-order valence-corrected chi connectivity index (χ2v) is 8.11. The number of nitrogens with one attached hydrogen (secondary N) is 1. The van der Waals surface area contributed by atoms with E-state index >= 15 is 0 Å². The minimum atomic E-state index is -0.237. The molecule has 5 rings (SSSR count). The molecule has 0 saturated carbocycles. The summed E-state index contributed by atoms with van der Waals surface area (Å²) >= 11 is 0. The van der Waals surface area contributed by atoms with E-state index in [2.05, 4.69) is 46.4 Å². The Labute approximate surface area is 194 Å². The Bertz CT molecular complexity index is 1230. The second-order valence-electron chi connectivity index (χ2n) is 8.11. The number of hydrogen-bond donors (Lipinski definition) is 1. The van der Waals surface area contributed by atoms with Gasteiger partial charge in [-0.15, -0.1) is 0 Å². The number of aromatic nitrogens is 1. The molecule has 0 radical (unpaired) electrons. The maximum Gasteiger partial charge on any atom is 0.318 e. The monoisotopic (exact) mass is 437 g/mol. The summed E-state index contributed by atoms with van der Waals surface area (Å²) < 4.78 is 7.84. The molecular formula is C28H27N3O2. The third-order valence-corrected chi connectivity index (χ3v) is 6.02. The van der Waals surface area contributed by atoms with Gasteiger partial charge < -0.3 is 19.5 Å². The molecule has 33 heavy (non-hydrogen) atoms. The number of carbonyl (C=O) groups is 1. The molecular weight excluding hydrogens is 410 g/mol. The molecule has 0 saturated heterocycles. The van der Waals surface area contributed by atoms with Crippen molar-refractivity contribution in [3.8, 4) is 11.4 Å². The number of nitrogens with zero attached hydrogens (tertiary/aromatic N) is 2. The summed E-state index contributed by atoms with van der Waals surface area (Å²) in [7, 11) is 0. The Morgan fingerprint density at radius 3 is 2.48 bits per heavy atom.